The number of hydrogen-bond donors (Lipinski definition) is 1. The summed E-state index contributed by atoms with van der Waals surface area (Å²) in [6.45, 7) is 3.96. The fraction of sp³-hybridized carbons (Fsp3) is 0.417. The second-order valence-electron chi connectivity index (χ2n) is 3.98. The van der Waals surface area contributed by atoms with E-state index in [-0.39, 0.29) is 5.91 Å². The summed E-state index contributed by atoms with van der Waals surface area (Å²) < 4.78 is 0. The number of likely N-dealkylation sites (N-methyl/N-ethyl adjacent to an activating group) is 1. The van der Waals surface area contributed by atoms with E-state index in [1.165, 1.54) is 4.90 Å². The maximum absolute atomic E-state index is 11.5. The van der Waals surface area contributed by atoms with Gasteiger partial charge in [-0.15, -0.1) is 0 Å². The van der Waals surface area contributed by atoms with Crippen LogP contribution in [0.3, 0.4) is 0 Å². The zero-order chi connectivity index (χ0) is 11.6. The molecule has 1 amide bonds. The molecule has 1 atom stereocenters. The third-order valence-corrected chi connectivity index (χ3v) is 2.52. The second kappa shape index (κ2) is 4.45. The number of carbonyl (C=O) groups is 1. The molecule has 0 aliphatic heterocycles. The molecule has 3 nitrogen and oxygen atoms in total. The number of aliphatic hydroxyl groups is 1. The summed E-state index contributed by atoms with van der Waals surface area (Å²) in [6, 6.07) is 5.55. The predicted molar refractivity (Wildman–Crippen MR) is 59.6 cm³/mol. The van der Waals surface area contributed by atoms with Gasteiger partial charge in [0, 0.05) is 14.1 Å². The Morgan fingerprint density at radius 2 is 1.87 bits per heavy atom. The van der Waals surface area contributed by atoms with Gasteiger partial charge in [0.25, 0.3) is 5.91 Å². The van der Waals surface area contributed by atoms with Gasteiger partial charge in [0.05, 0.1) is 0 Å². The number of benzene rings is 1. The molecule has 0 heterocycles. The van der Waals surface area contributed by atoms with E-state index in [2.05, 4.69) is 0 Å². The molecule has 0 fully saturated rings. The van der Waals surface area contributed by atoms with Crippen LogP contribution < -0.4 is 0 Å². The molecular weight excluding hydrogens is 190 g/mol. The Bertz CT molecular complexity index is 372. The van der Waals surface area contributed by atoms with Crippen molar-refractivity contribution in [2.45, 2.75) is 20.0 Å². The standard InChI is InChI=1S/C12H17NO2/c1-8-5-6-10(7-9(8)2)11(14)12(15)13(3)4/h5-7,11,14H,1-4H3. The van der Waals surface area contributed by atoms with Crippen molar-refractivity contribution in [1.29, 1.82) is 0 Å². The number of aryl methyl sites for hydroxylation is 2. The van der Waals surface area contributed by atoms with Crippen LogP contribution in [0.2, 0.25) is 0 Å². The highest BCUT2D eigenvalue weighted by Gasteiger charge is 2.19. The van der Waals surface area contributed by atoms with Crippen molar-refractivity contribution in [2.75, 3.05) is 14.1 Å². The Morgan fingerprint density at radius 1 is 1.27 bits per heavy atom. The van der Waals surface area contributed by atoms with E-state index < -0.39 is 6.10 Å². The van der Waals surface area contributed by atoms with Crippen molar-refractivity contribution in [3.8, 4) is 0 Å². The summed E-state index contributed by atoms with van der Waals surface area (Å²) in [7, 11) is 3.26. The summed E-state index contributed by atoms with van der Waals surface area (Å²) in [5, 5.41) is 9.78. The molecule has 1 unspecified atom stereocenters. The van der Waals surface area contributed by atoms with Crippen molar-refractivity contribution in [1.82, 2.24) is 4.90 Å². The topological polar surface area (TPSA) is 40.5 Å². The molecule has 3 heteroatoms. The van der Waals surface area contributed by atoms with Gasteiger partial charge in [0.15, 0.2) is 6.10 Å². The highest BCUT2D eigenvalue weighted by Crippen LogP contribution is 2.18. The van der Waals surface area contributed by atoms with Crippen LogP contribution in [-0.4, -0.2) is 30.0 Å². The third kappa shape index (κ3) is 2.57. The van der Waals surface area contributed by atoms with Gasteiger partial charge < -0.3 is 10.0 Å². The Morgan fingerprint density at radius 3 is 2.33 bits per heavy atom. The maximum Gasteiger partial charge on any atom is 0.255 e. The fourth-order valence-electron chi connectivity index (χ4n) is 1.32. The lowest BCUT2D eigenvalue weighted by molar-refractivity contribution is -0.137. The van der Waals surface area contributed by atoms with Gasteiger partial charge in [-0.3, -0.25) is 4.79 Å². The zero-order valence-corrected chi connectivity index (χ0v) is 9.61. The number of nitrogens with zero attached hydrogens (tertiary/aromatic N) is 1. The fourth-order valence-corrected chi connectivity index (χ4v) is 1.32. The molecular formula is C12H17NO2. The van der Waals surface area contributed by atoms with E-state index >= 15 is 0 Å². The first kappa shape index (κ1) is 11.7. The van der Waals surface area contributed by atoms with Crippen LogP contribution in [0.25, 0.3) is 0 Å². The summed E-state index contributed by atoms with van der Waals surface area (Å²) in [6.07, 6.45) is -1.06. The molecule has 82 valence electrons. The highest BCUT2D eigenvalue weighted by atomic mass is 16.3. The number of hydrogen-bond acceptors (Lipinski definition) is 2. The first-order chi connectivity index (χ1) is 6.93. The van der Waals surface area contributed by atoms with E-state index in [1.54, 1.807) is 20.2 Å². The molecule has 0 radical (unpaired) electrons. The van der Waals surface area contributed by atoms with Crippen LogP contribution in [0, 0.1) is 13.8 Å². The summed E-state index contributed by atoms with van der Waals surface area (Å²) in [4.78, 5) is 12.9. The minimum atomic E-state index is -1.06. The summed E-state index contributed by atoms with van der Waals surface area (Å²) >= 11 is 0. The smallest absolute Gasteiger partial charge is 0.255 e. The average Bonchev–Trinajstić information content (AvgIpc) is 2.19. The quantitative estimate of drug-likeness (QED) is 0.797. The van der Waals surface area contributed by atoms with E-state index in [4.69, 9.17) is 0 Å². The zero-order valence-electron chi connectivity index (χ0n) is 9.61. The van der Waals surface area contributed by atoms with Gasteiger partial charge in [-0.05, 0) is 30.5 Å². The highest BCUT2D eigenvalue weighted by molar-refractivity contribution is 5.81. The average molecular weight is 207 g/mol. The summed E-state index contributed by atoms with van der Waals surface area (Å²) in [5.41, 5.74) is 2.89. The van der Waals surface area contributed by atoms with Crippen LogP contribution in [-0.2, 0) is 4.79 Å². The number of aliphatic hydroxyl groups excluding tert-OH is 1. The molecule has 1 aromatic carbocycles. The molecule has 1 rings (SSSR count). The monoisotopic (exact) mass is 207 g/mol. The van der Waals surface area contributed by atoms with Crippen LogP contribution in [0.1, 0.15) is 22.8 Å². The van der Waals surface area contributed by atoms with E-state index in [9.17, 15) is 9.90 Å². The molecule has 0 bridgehead atoms. The minimum Gasteiger partial charge on any atom is -0.378 e. The molecule has 15 heavy (non-hydrogen) atoms. The van der Waals surface area contributed by atoms with Crippen molar-refractivity contribution < 1.29 is 9.90 Å². The second-order valence-corrected chi connectivity index (χ2v) is 3.98. The molecule has 0 aliphatic carbocycles. The first-order valence-electron chi connectivity index (χ1n) is 4.90. The Kier molecular flexibility index (Phi) is 3.48. The number of rotatable bonds is 2. The lowest BCUT2D eigenvalue weighted by atomic mass is 10.0. The Hall–Kier alpha value is -1.35. The van der Waals surface area contributed by atoms with E-state index in [1.807, 2.05) is 26.0 Å². The van der Waals surface area contributed by atoms with Crippen molar-refractivity contribution >= 4 is 5.91 Å². The summed E-state index contributed by atoms with van der Waals surface area (Å²) in [5.74, 6) is -0.293. The van der Waals surface area contributed by atoms with Crippen molar-refractivity contribution in [2.24, 2.45) is 0 Å². The van der Waals surface area contributed by atoms with Gasteiger partial charge in [-0.25, -0.2) is 0 Å². The SMILES string of the molecule is Cc1ccc(C(O)C(=O)N(C)C)cc1C. The molecule has 1 N–H and O–H groups in total. The largest absolute Gasteiger partial charge is 0.378 e. The molecule has 0 saturated carbocycles. The maximum atomic E-state index is 11.5. The normalized spacial score (nSPS) is 12.3. The van der Waals surface area contributed by atoms with Crippen molar-refractivity contribution in [3.63, 3.8) is 0 Å². The number of carbonyl (C=O) groups excluding carboxylic acids is 1. The Labute approximate surface area is 90.3 Å². The van der Waals surface area contributed by atoms with Crippen LogP contribution >= 0.6 is 0 Å². The van der Waals surface area contributed by atoms with E-state index in [0.29, 0.717) is 5.56 Å². The Balaban J connectivity index is 2.97. The number of amides is 1. The van der Waals surface area contributed by atoms with Gasteiger partial charge >= 0.3 is 0 Å². The van der Waals surface area contributed by atoms with Gasteiger partial charge in [0.1, 0.15) is 0 Å². The van der Waals surface area contributed by atoms with Gasteiger partial charge in [0.2, 0.25) is 0 Å². The molecule has 0 spiro atoms. The van der Waals surface area contributed by atoms with Crippen LogP contribution in [0.15, 0.2) is 18.2 Å². The minimum absolute atomic E-state index is 0.293. The molecule has 1 aromatic rings. The molecule has 0 aromatic heterocycles. The first-order valence-corrected chi connectivity index (χ1v) is 4.90. The van der Waals surface area contributed by atoms with Crippen molar-refractivity contribution in [3.05, 3.63) is 34.9 Å². The van der Waals surface area contributed by atoms with Crippen LogP contribution in [0.5, 0.6) is 0 Å². The van der Waals surface area contributed by atoms with Gasteiger partial charge in [-0.1, -0.05) is 18.2 Å². The lowest BCUT2D eigenvalue weighted by Gasteiger charge is -2.16. The third-order valence-electron chi connectivity index (χ3n) is 2.52. The van der Waals surface area contributed by atoms with E-state index in [0.717, 1.165) is 11.1 Å². The molecule has 0 aliphatic rings. The van der Waals surface area contributed by atoms with Gasteiger partial charge in [-0.2, -0.15) is 0 Å². The lowest BCUT2D eigenvalue weighted by Crippen LogP contribution is -2.28. The molecule has 0 saturated heterocycles. The van der Waals surface area contributed by atoms with Crippen LogP contribution in [0.4, 0.5) is 0 Å². The predicted octanol–water partition coefficient (Wildman–Crippen LogP) is 1.43.